The number of amides is 3. The van der Waals surface area contributed by atoms with Crippen molar-refractivity contribution in [1.82, 2.24) is 15.5 Å². The van der Waals surface area contributed by atoms with Crippen molar-refractivity contribution in [2.75, 3.05) is 0 Å². The van der Waals surface area contributed by atoms with Crippen molar-refractivity contribution in [1.29, 1.82) is 0 Å². The average molecular weight is 333 g/mol. The molecule has 0 aromatic carbocycles. The number of carbonyl (C=O) groups is 2. The van der Waals surface area contributed by atoms with E-state index in [1.807, 2.05) is 4.90 Å². The maximum atomic E-state index is 12.9. The molecule has 1 heterocycles. The van der Waals surface area contributed by atoms with E-state index in [2.05, 4.69) is 10.6 Å². The van der Waals surface area contributed by atoms with Crippen molar-refractivity contribution >= 4 is 11.9 Å². The van der Waals surface area contributed by atoms with E-state index in [-0.39, 0.29) is 24.0 Å². The lowest BCUT2D eigenvalue weighted by Gasteiger charge is -2.36. The molecule has 0 radical (unpaired) electrons. The van der Waals surface area contributed by atoms with Gasteiger partial charge in [-0.2, -0.15) is 0 Å². The molecule has 134 valence electrons. The van der Waals surface area contributed by atoms with Gasteiger partial charge < -0.3 is 15.5 Å². The number of fused-ring (bicyclic) bond motifs is 2. The van der Waals surface area contributed by atoms with E-state index in [0.717, 1.165) is 44.9 Å². The summed E-state index contributed by atoms with van der Waals surface area (Å²) in [5, 5.41) is 6.46. The Labute approximate surface area is 144 Å². The van der Waals surface area contributed by atoms with Crippen LogP contribution < -0.4 is 10.6 Å². The zero-order chi connectivity index (χ0) is 16.5. The van der Waals surface area contributed by atoms with Gasteiger partial charge in [0, 0.05) is 18.1 Å². The highest BCUT2D eigenvalue weighted by molar-refractivity contribution is 5.89. The normalized spacial score (nSPS) is 33.8. The number of nitrogens with zero attached hydrogens (tertiary/aromatic N) is 1. The summed E-state index contributed by atoms with van der Waals surface area (Å²) in [6.07, 6.45) is 13.7. The average Bonchev–Trinajstić information content (AvgIpc) is 3.32. The van der Waals surface area contributed by atoms with Crippen molar-refractivity contribution in [3.05, 3.63) is 0 Å². The van der Waals surface area contributed by atoms with Gasteiger partial charge in [-0.3, -0.25) is 4.79 Å². The number of rotatable bonds is 3. The summed E-state index contributed by atoms with van der Waals surface area (Å²) in [5.41, 5.74) is 0. The van der Waals surface area contributed by atoms with Gasteiger partial charge in [-0.15, -0.1) is 0 Å². The monoisotopic (exact) mass is 333 g/mol. The van der Waals surface area contributed by atoms with Crippen LogP contribution in [0.2, 0.25) is 0 Å². The number of hydrogen-bond donors (Lipinski definition) is 2. The van der Waals surface area contributed by atoms with Gasteiger partial charge in [0.2, 0.25) is 5.91 Å². The van der Waals surface area contributed by atoms with Gasteiger partial charge >= 0.3 is 6.03 Å². The van der Waals surface area contributed by atoms with Crippen molar-refractivity contribution in [2.45, 2.75) is 101 Å². The SMILES string of the molecule is O=C(NC1CCCC1)C1C2CCC(C2)N1C(=O)NC1CCCCC1. The Hall–Kier alpha value is -1.26. The Kier molecular flexibility index (Phi) is 4.68. The van der Waals surface area contributed by atoms with Gasteiger partial charge in [0.1, 0.15) is 6.04 Å². The molecule has 24 heavy (non-hydrogen) atoms. The minimum Gasteiger partial charge on any atom is -0.352 e. The summed E-state index contributed by atoms with van der Waals surface area (Å²) in [6, 6.07) is 0.704. The van der Waals surface area contributed by atoms with Gasteiger partial charge in [-0.05, 0) is 50.9 Å². The quantitative estimate of drug-likeness (QED) is 0.834. The van der Waals surface area contributed by atoms with E-state index in [1.54, 1.807) is 0 Å². The molecule has 3 aliphatic carbocycles. The first-order valence-corrected chi connectivity index (χ1v) is 10.1. The molecule has 5 heteroatoms. The fourth-order valence-corrected chi connectivity index (χ4v) is 5.47. The number of piperidine rings is 1. The van der Waals surface area contributed by atoms with Gasteiger partial charge in [0.05, 0.1) is 0 Å². The standard InChI is InChI=1S/C19H31N3O2/c23-18(20-14-8-4-5-9-14)17-13-10-11-16(12-13)22(17)19(24)21-15-6-2-1-3-7-15/h13-17H,1-12H2,(H,20,23)(H,21,24). The van der Waals surface area contributed by atoms with Gasteiger partial charge in [-0.1, -0.05) is 32.1 Å². The second kappa shape index (κ2) is 6.93. The van der Waals surface area contributed by atoms with E-state index >= 15 is 0 Å². The highest BCUT2D eigenvalue weighted by Crippen LogP contribution is 2.42. The van der Waals surface area contributed by atoms with Crippen LogP contribution >= 0.6 is 0 Å². The molecule has 0 aromatic heterocycles. The lowest BCUT2D eigenvalue weighted by molar-refractivity contribution is -0.127. The summed E-state index contributed by atoms with van der Waals surface area (Å²) in [5.74, 6) is 0.474. The summed E-state index contributed by atoms with van der Waals surface area (Å²) in [6.45, 7) is 0. The van der Waals surface area contributed by atoms with E-state index in [0.29, 0.717) is 18.0 Å². The van der Waals surface area contributed by atoms with Crippen LogP contribution in [0.5, 0.6) is 0 Å². The van der Waals surface area contributed by atoms with Crippen LogP contribution in [0, 0.1) is 5.92 Å². The number of carbonyl (C=O) groups excluding carboxylic acids is 2. The topological polar surface area (TPSA) is 61.4 Å². The molecule has 0 aromatic rings. The summed E-state index contributed by atoms with van der Waals surface area (Å²) in [4.78, 5) is 27.7. The summed E-state index contributed by atoms with van der Waals surface area (Å²) < 4.78 is 0. The first-order chi connectivity index (χ1) is 11.7. The second-order valence-electron chi connectivity index (χ2n) is 8.35. The van der Waals surface area contributed by atoms with Crippen LogP contribution in [0.1, 0.15) is 77.0 Å². The van der Waals surface area contributed by atoms with Crippen LogP contribution in [0.15, 0.2) is 0 Å². The molecule has 4 rings (SSSR count). The van der Waals surface area contributed by atoms with Crippen molar-refractivity contribution < 1.29 is 9.59 Å². The lowest BCUT2D eigenvalue weighted by atomic mass is 9.95. The van der Waals surface area contributed by atoms with E-state index in [1.165, 1.54) is 32.1 Å². The third-order valence-corrected chi connectivity index (χ3v) is 6.72. The molecule has 3 amide bonds. The predicted octanol–water partition coefficient (Wildman–Crippen LogP) is 2.94. The van der Waals surface area contributed by atoms with Gasteiger partial charge in [-0.25, -0.2) is 4.79 Å². The van der Waals surface area contributed by atoms with E-state index in [9.17, 15) is 9.59 Å². The predicted molar refractivity (Wildman–Crippen MR) is 92.6 cm³/mol. The number of nitrogens with one attached hydrogen (secondary N) is 2. The zero-order valence-electron chi connectivity index (χ0n) is 14.6. The summed E-state index contributed by atoms with van der Waals surface area (Å²) in [7, 11) is 0. The van der Waals surface area contributed by atoms with Crippen LogP contribution in [0.3, 0.4) is 0 Å². The maximum absolute atomic E-state index is 12.9. The Morgan fingerprint density at radius 3 is 2.08 bits per heavy atom. The van der Waals surface area contributed by atoms with Crippen molar-refractivity contribution in [3.63, 3.8) is 0 Å². The van der Waals surface area contributed by atoms with Crippen molar-refractivity contribution in [3.8, 4) is 0 Å². The van der Waals surface area contributed by atoms with Gasteiger partial charge in [0.15, 0.2) is 0 Å². The Morgan fingerprint density at radius 1 is 0.750 bits per heavy atom. The third kappa shape index (κ3) is 3.14. The minimum atomic E-state index is -0.229. The first kappa shape index (κ1) is 16.2. The molecule has 2 bridgehead atoms. The molecule has 4 fully saturated rings. The summed E-state index contributed by atoms with van der Waals surface area (Å²) >= 11 is 0. The van der Waals surface area contributed by atoms with Crippen LogP contribution in [0.25, 0.3) is 0 Å². The highest BCUT2D eigenvalue weighted by Gasteiger charge is 2.51. The van der Waals surface area contributed by atoms with Crippen LogP contribution in [-0.2, 0) is 4.79 Å². The number of hydrogen-bond acceptors (Lipinski definition) is 2. The van der Waals surface area contributed by atoms with Crippen molar-refractivity contribution in [2.24, 2.45) is 5.92 Å². The molecular weight excluding hydrogens is 302 g/mol. The fraction of sp³-hybridized carbons (Fsp3) is 0.895. The zero-order valence-corrected chi connectivity index (χ0v) is 14.6. The molecule has 5 nitrogen and oxygen atoms in total. The second-order valence-corrected chi connectivity index (χ2v) is 8.35. The maximum Gasteiger partial charge on any atom is 0.318 e. The van der Waals surface area contributed by atoms with Gasteiger partial charge in [0.25, 0.3) is 0 Å². The van der Waals surface area contributed by atoms with E-state index < -0.39 is 0 Å². The molecule has 3 unspecified atom stereocenters. The number of urea groups is 1. The third-order valence-electron chi connectivity index (χ3n) is 6.72. The van der Waals surface area contributed by atoms with Crippen LogP contribution in [-0.4, -0.2) is 41.0 Å². The Morgan fingerprint density at radius 2 is 1.38 bits per heavy atom. The molecule has 1 saturated heterocycles. The molecular formula is C19H31N3O2. The smallest absolute Gasteiger partial charge is 0.318 e. The largest absolute Gasteiger partial charge is 0.352 e. The molecule has 1 aliphatic heterocycles. The first-order valence-electron chi connectivity index (χ1n) is 10.1. The van der Waals surface area contributed by atoms with E-state index in [4.69, 9.17) is 0 Å². The minimum absolute atomic E-state index is 0.0145. The highest BCUT2D eigenvalue weighted by atomic mass is 16.2. The molecule has 0 spiro atoms. The fourth-order valence-electron chi connectivity index (χ4n) is 5.47. The Bertz CT molecular complexity index is 483. The lowest BCUT2D eigenvalue weighted by Crippen LogP contribution is -2.57. The van der Waals surface area contributed by atoms with Crippen LogP contribution in [0.4, 0.5) is 4.79 Å². The Balaban J connectivity index is 1.41. The number of likely N-dealkylation sites (tertiary alicyclic amines) is 1. The molecule has 3 atom stereocenters. The molecule has 3 saturated carbocycles. The molecule has 2 N–H and O–H groups in total. The molecule has 4 aliphatic rings.